The molecule has 0 unspecified atom stereocenters. The minimum atomic E-state index is -0.570. The van der Waals surface area contributed by atoms with Gasteiger partial charge in [-0.15, -0.1) is 0 Å². The van der Waals surface area contributed by atoms with Gasteiger partial charge in [-0.3, -0.25) is 14.5 Å². The molecule has 132 valence electrons. The van der Waals surface area contributed by atoms with Crippen LogP contribution in [0.5, 0.6) is 0 Å². The summed E-state index contributed by atoms with van der Waals surface area (Å²) in [6.45, 7) is 10.3. The van der Waals surface area contributed by atoms with Crippen molar-refractivity contribution in [1.82, 2.24) is 9.80 Å². The second kappa shape index (κ2) is 7.77. The Morgan fingerprint density at radius 2 is 1.75 bits per heavy atom. The molecule has 24 heavy (non-hydrogen) atoms. The zero-order valence-electron chi connectivity index (χ0n) is 14.8. The van der Waals surface area contributed by atoms with E-state index >= 15 is 0 Å². The summed E-state index contributed by atoms with van der Waals surface area (Å²) < 4.78 is 0. The molecular formula is C18H28N4O2. The molecule has 3 N–H and O–H groups in total. The zero-order valence-corrected chi connectivity index (χ0v) is 14.8. The molecule has 1 aliphatic rings. The Morgan fingerprint density at radius 3 is 2.33 bits per heavy atom. The monoisotopic (exact) mass is 332 g/mol. The lowest BCUT2D eigenvalue weighted by molar-refractivity contribution is -0.144. The third-order valence-electron chi connectivity index (χ3n) is 4.28. The molecule has 1 heterocycles. The maximum Gasteiger partial charge on any atom is 0.313 e. The number of piperazine rings is 1. The summed E-state index contributed by atoms with van der Waals surface area (Å²) in [5, 5.41) is 2.79. The number of nitrogens with zero attached hydrogens (tertiary/aromatic N) is 2. The maximum atomic E-state index is 12.4. The van der Waals surface area contributed by atoms with Gasteiger partial charge >= 0.3 is 11.8 Å². The quantitative estimate of drug-likeness (QED) is 0.810. The van der Waals surface area contributed by atoms with Crippen LogP contribution in [0.3, 0.4) is 0 Å². The number of hydrogen-bond donors (Lipinski definition) is 2. The number of anilines is 1. The molecule has 0 aromatic heterocycles. The molecule has 0 saturated carbocycles. The molecule has 0 bridgehead atoms. The van der Waals surface area contributed by atoms with Gasteiger partial charge in [-0.1, -0.05) is 39.0 Å². The average Bonchev–Trinajstić information content (AvgIpc) is 2.54. The Morgan fingerprint density at radius 1 is 1.12 bits per heavy atom. The predicted octanol–water partition coefficient (Wildman–Crippen LogP) is 1.03. The van der Waals surface area contributed by atoms with E-state index in [0.717, 1.165) is 25.2 Å². The van der Waals surface area contributed by atoms with E-state index in [4.69, 9.17) is 5.73 Å². The van der Waals surface area contributed by atoms with Crippen molar-refractivity contribution < 1.29 is 9.59 Å². The van der Waals surface area contributed by atoms with Gasteiger partial charge in [-0.2, -0.15) is 0 Å². The molecule has 1 fully saturated rings. The molecule has 1 saturated heterocycles. The molecule has 2 rings (SSSR count). The SMILES string of the molecule is CC(C)(C)c1ccccc1NC(=O)C(=O)N1CCN(CCN)CC1. The number of amides is 2. The first-order chi connectivity index (χ1) is 11.3. The molecule has 1 aromatic rings. The third-order valence-corrected chi connectivity index (χ3v) is 4.28. The molecule has 6 nitrogen and oxygen atoms in total. The first-order valence-corrected chi connectivity index (χ1v) is 8.45. The number of para-hydroxylation sites is 1. The molecule has 0 aliphatic carbocycles. The van der Waals surface area contributed by atoms with Crippen LogP contribution in [0.2, 0.25) is 0 Å². The highest BCUT2D eigenvalue weighted by Crippen LogP contribution is 2.29. The van der Waals surface area contributed by atoms with Gasteiger partial charge in [0, 0.05) is 45.0 Å². The predicted molar refractivity (Wildman–Crippen MR) is 95.8 cm³/mol. The molecule has 0 atom stereocenters. The summed E-state index contributed by atoms with van der Waals surface area (Å²) in [5.74, 6) is -1.04. The van der Waals surface area contributed by atoms with Crippen molar-refractivity contribution in [2.75, 3.05) is 44.6 Å². The van der Waals surface area contributed by atoms with Crippen molar-refractivity contribution in [2.24, 2.45) is 5.73 Å². The number of nitrogens with two attached hydrogens (primary N) is 1. The summed E-state index contributed by atoms with van der Waals surface area (Å²) in [6, 6.07) is 7.62. The smallest absolute Gasteiger partial charge is 0.313 e. The highest BCUT2D eigenvalue weighted by atomic mass is 16.2. The lowest BCUT2D eigenvalue weighted by atomic mass is 9.86. The Bertz CT molecular complexity index is 587. The van der Waals surface area contributed by atoms with Gasteiger partial charge in [-0.05, 0) is 17.0 Å². The minimum Gasteiger partial charge on any atom is -0.332 e. The van der Waals surface area contributed by atoms with E-state index in [1.165, 1.54) is 0 Å². The molecule has 6 heteroatoms. The van der Waals surface area contributed by atoms with Crippen LogP contribution in [0.15, 0.2) is 24.3 Å². The first-order valence-electron chi connectivity index (χ1n) is 8.45. The van der Waals surface area contributed by atoms with E-state index in [1.807, 2.05) is 24.3 Å². The van der Waals surface area contributed by atoms with E-state index in [-0.39, 0.29) is 5.41 Å². The van der Waals surface area contributed by atoms with Gasteiger partial charge in [0.15, 0.2) is 0 Å². The minimum absolute atomic E-state index is 0.110. The molecule has 2 amide bonds. The topological polar surface area (TPSA) is 78.7 Å². The van der Waals surface area contributed by atoms with Gasteiger partial charge in [0.2, 0.25) is 0 Å². The summed E-state index contributed by atoms with van der Waals surface area (Å²) in [7, 11) is 0. The van der Waals surface area contributed by atoms with E-state index in [9.17, 15) is 9.59 Å². The fourth-order valence-corrected chi connectivity index (χ4v) is 2.92. The number of carbonyl (C=O) groups is 2. The fourth-order valence-electron chi connectivity index (χ4n) is 2.92. The standard InChI is InChI=1S/C18H28N4O2/c1-18(2,3)14-6-4-5-7-15(14)20-16(23)17(24)22-12-10-21(9-8-19)11-13-22/h4-7H,8-13,19H2,1-3H3,(H,20,23). The van der Waals surface area contributed by atoms with Gasteiger partial charge in [0.25, 0.3) is 0 Å². The van der Waals surface area contributed by atoms with E-state index in [2.05, 4.69) is 31.0 Å². The Balaban J connectivity index is 2.00. The molecule has 0 radical (unpaired) electrons. The largest absolute Gasteiger partial charge is 0.332 e. The lowest BCUT2D eigenvalue weighted by Crippen LogP contribution is -2.52. The molecule has 0 spiro atoms. The van der Waals surface area contributed by atoms with Crippen LogP contribution >= 0.6 is 0 Å². The lowest BCUT2D eigenvalue weighted by Gasteiger charge is -2.34. The molecular weight excluding hydrogens is 304 g/mol. The van der Waals surface area contributed by atoms with Crippen molar-refractivity contribution in [2.45, 2.75) is 26.2 Å². The van der Waals surface area contributed by atoms with Crippen LogP contribution in [0.1, 0.15) is 26.3 Å². The Hall–Kier alpha value is -1.92. The van der Waals surface area contributed by atoms with Crippen LogP contribution in [-0.4, -0.2) is 60.9 Å². The average molecular weight is 332 g/mol. The van der Waals surface area contributed by atoms with Crippen molar-refractivity contribution in [3.8, 4) is 0 Å². The van der Waals surface area contributed by atoms with Gasteiger partial charge in [-0.25, -0.2) is 0 Å². The van der Waals surface area contributed by atoms with Gasteiger partial charge in [0.1, 0.15) is 0 Å². The summed E-state index contributed by atoms with van der Waals surface area (Å²) >= 11 is 0. The molecule has 1 aliphatic heterocycles. The number of hydrogen-bond acceptors (Lipinski definition) is 4. The molecule has 1 aromatic carbocycles. The maximum absolute atomic E-state index is 12.4. The Labute approximate surface area is 144 Å². The summed E-state index contributed by atoms with van der Waals surface area (Å²) in [6.07, 6.45) is 0. The highest BCUT2D eigenvalue weighted by molar-refractivity contribution is 6.39. The first kappa shape index (κ1) is 18.4. The van der Waals surface area contributed by atoms with E-state index in [1.54, 1.807) is 4.90 Å². The van der Waals surface area contributed by atoms with E-state index in [0.29, 0.717) is 25.3 Å². The van der Waals surface area contributed by atoms with Gasteiger partial charge < -0.3 is 16.0 Å². The van der Waals surface area contributed by atoms with Gasteiger partial charge in [0.05, 0.1) is 0 Å². The second-order valence-electron chi connectivity index (χ2n) is 7.17. The van der Waals surface area contributed by atoms with Crippen molar-refractivity contribution in [3.63, 3.8) is 0 Å². The zero-order chi connectivity index (χ0) is 17.7. The summed E-state index contributed by atoms with van der Waals surface area (Å²) in [4.78, 5) is 28.6. The number of benzene rings is 1. The van der Waals surface area contributed by atoms with E-state index < -0.39 is 11.8 Å². The van der Waals surface area contributed by atoms with Crippen LogP contribution in [0.4, 0.5) is 5.69 Å². The van der Waals surface area contributed by atoms with Crippen LogP contribution < -0.4 is 11.1 Å². The summed E-state index contributed by atoms with van der Waals surface area (Å²) in [5.41, 5.74) is 7.15. The van der Waals surface area contributed by atoms with Crippen LogP contribution in [-0.2, 0) is 15.0 Å². The number of nitrogens with one attached hydrogen (secondary N) is 1. The number of carbonyl (C=O) groups excluding carboxylic acids is 2. The van der Waals surface area contributed by atoms with Crippen LogP contribution in [0, 0.1) is 0 Å². The second-order valence-corrected chi connectivity index (χ2v) is 7.17. The fraction of sp³-hybridized carbons (Fsp3) is 0.556. The third kappa shape index (κ3) is 4.55. The van der Waals surface area contributed by atoms with Crippen molar-refractivity contribution in [1.29, 1.82) is 0 Å². The Kier molecular flexibility index (Phi) is 5.96. The normalized spacial score (nSPS) is 16.1. The number of rotatable bonds is 3. The van der Waals surface area contributed by atoms with Crippen molar-refractivity contribution in [3.05, 3.63) is 29.8 Å². The van der Waals surface area contributed by atoms with Crippen molar-refractivity contribution >= 4 is 17.5 Å². The van der Waals surface area contributed by atoms with Crippen LogP contribution in [0.25, 0.3) is 0 Å². The highest BCUT2D eigenvalue weighted by Gasteiger charge is 2.27.